The van der Waals surface area contributed by atoms with Gasteiger partial charge in [-0.1, -0.05) is 42.5 Å². The molecule has 2 aromatic rings. The number of carbonyl (C=O) groups excluding carboxylic acids is 1. The van der Waals surface area contributed by atoms with E-state index in [9.17, 15) is 4.79 Å². The highest BCUT2D eigenvalue weighted by molar-refractivity contribution is 5.90. The SMILES string of the molecule is O=C(CNc1ccccc1)N/N=C1\CCc2ccccc2C1. The lowest BCUT2D eigenvalue weighted by Crippen LogP contribution is -2.28. The zero-order valence-electron chi connectivity index (χ0n) is 12.4. The molecule has 2 aromatic carbocycles. The summed E-state index contributed by atoms with van der Waals surface area (Å²) < 4.78 is 0. The number of carbonyl (C=O) groups is 1. The van der Waals surface area contributed by atoms with Gasteiger partial charge in [-0.2, -0.15) is 5.10 Å². The predicted molar refractivity (Wildman–Crippen MR) is 89.0 cm³/mol. The van der Waals surface area contributed by atoms with Crippen molar-refractivity contribution in [3.63, 3.8) is 0 Å². The standard InChI is InChI=1S/C18H19N3O/c22-18(13-19-16-8-2-1-3-9-16)21-20-17-11-10-14-6-4-5-7-15(14)12-17/h1-9,19H,10-13H2,(H,21,22)/b20-17+. The summed E-state index contributed by atoms with van der Waals surface area (Å²) in [5.74, 6) is -0.129. The molecule has 0 spiro atoms. The topological polar surface area (TPSA) is 53.5 Å². The number of amides is 1. The predicted octanol–water partition coefficient (Wildman–Crippen LogP) is 2.76. The van der Waals surface area contributed by atoms with Crippen LogP contribution in [0.3, 0.4) is 0 Å². The minimum atomic E-state index is -0.129. The van der Waals surface area contributed by atoms with Crippen LogP contribution in [0.1, 0.15) is 17.5 Å². The highest BCUT2D eigenvalue weighted by Crippen LogP contribution is 2.18. The Morgan fingerprint density at radius 3 is 2.50 bits per heavy atom. The van der Waals surface area contributed by atoms with Crippen LogP contribution in [0.2, 0.25) is 0 Å². The van der Waals surface area contributed by atoms with Gasteiger partial charge in [0.15, 0.2) is 0 Å². The van der Waals surface area contributed by atoms with Crippen molar-refractivity contribution >= 4 is 17.3 Å². The molecule has 22 heavy (non-hydrogen) atoms. The summed E-state index contributed by atoms with van der Waals surface area (Å²) in [6.07, 6.45) is 2.72. The Morgan fingerprint density at radius 1 is 0.955 bits per heavy atom. The molecule has 0 unspecified atom stereocenters. The number of para-hydroxylation sites is 1. The number of aryl methyl sites for hydroxylation is 1. The number of anilines is 1. The van der Waals surface area contributed by atoms with E-state index in [1.165, 1.54) is 11.1 Å². The quantitative estimate of drug-likeness (QED) is 0.852. The van der Waals surface area contributed by atoms with Gasteiger partial charge >= 0.3 is 0 Å². The molecule has 0 heterocycles. The Morgan fingerprint density at radius 2 is 1.68 bits per heavy atom. The lowest BCUT2D eigenvalue weighted by atomic mass is 9.90. The first-order valence-corrected chi connectivity index (χ1v) is 7.51. The van der Waals surface area contributed by atoms with Crippen molar-refractivity contribution in [1.29, 1.82) is 0 Å². The first-order valence-electron chi connectivity index (χ1n) is 7.51. The van der Waals surface area contributed by atoms with Crippen molar-refractivity contribution in [2.75, 3.05) is 11.9 Å². The summed E-state index contributed by atoms with van der Waals surface area (Å²) in [4.78, 5) is 11.8. The molecule has 1 aliphatic carbocycles. The fourth-order valence-electron chi connectivity index (χ4n) is 2.58. The van der Waals surface area contributed by atoms with Crippen LogP contribution in [0.4, 0.5) is 5.69 Å². The molecule has 0 atom stereocenters. The van der Waals surface area contributed by atoms with Gasteiger partial charge in [-0.15, -0.1) is 0 Å². The molecule has 2 N–H and O–H groups in total. The van der Waals surface area contributed by atoms with E-state index in [0.29, 0.717) is 0 Å². The summed E-state index contributed by atoms with van der Waals surface area (Å²) in [5, 5.41) is 7.34. The molecule has 1 aliphatic rings. The fraction of sp³-hybridized carbons (Fsp3) is 0.222. The van der Waals surface area contributed by atoms with Crippen molar-refractivity contribution < 1.29 is 4.79 Å². The summed E-state index contributed by atoms with van der Waals surface area (Å²) in [5.41, 5.74) is 7.30. The molecule has 4 heteroatoms. The molecule has 0 aromatic heterocycles. The van der Waals surface area contributed by atoms with Gasteiger partial charge in [0.1, 0.15) is 0 Å². The molecule has 0 saturated carbocycles. The summed E-state index contributed by atoms with van der Waals surface area (Å²) in [7, 11) is 0. The van der Waals surface area contributed by atoms with E-state index < -0.39 is 0 Å². The molecule has 0 saturated heterocycles. The molecule has 3 rings (SSSR count). The van der Waals surface area contributed by atoms with Gasteiger partial charge in [-0.05, 0) is 36.1 Å². The highest BCUT2D eigenvalue weighted by Gasteiger charge is 2.13. The number of nitrogens with one attached hydrogen (secondary N) is 2. The number of fused-ring (bicyclic) bond motifs is 1. The van der Waals surface area contributed by atoms with Crippen molar-refractivity contribution in [1.82, 2.24) is 5.43 Å². The third-order valence-corrected chi connectivity index (χ3v) is 3.76. The third-order valence-electron chi connectivity index (χ3n) is 3.76. The Balaban J connectivity index is 1.51. The minimum absolute atomic E-state index is 0.129. The van der Waals surface area contributed by atoms with E-state index in [1.807, 2.05) is 36.4 Å². The molecule has 0 fully saturated rings. The molecule has 0 radical (unpaired) electrons. The van der Waals surface area contributed by atoms with E-state index >= 15 is 0 Å². The minimum Gasteiger partial charge on any atom is -0.376 e. The van der Waals surface area contributed by atoms with Crippen molar-refractivity contribution in [2.45, 2.75) is 19.3 Å². The zero-order chi connectivity index (χ0) is 15.2. The van der Waals surface area contributed by atoms with Crippen molar-refractivity contribution in [2.24, 2.45) is 5.10 Å². The van der Waals surface area contributed by atoms with Gasteiger partial charge in [0.05, 0.1) is 6.54 Å². The molecule has 0 aliphatic heterocycles. The first-order chi connectivity index (χ1) is 10.8. The normalized spacial score (nSPS) is 15.2. The number of hydrogen-bond acceptors (Lipinski definition) is 3. The van der Waals surface area contributed by atoms with Gasteiger partial charge in [0, 0.05) is 17.8 Å². The van der Waals surface area contributed by atoms with E-state index in [0.717, 1.165) is 30.7 Å². The maximum atomic E-state index is 11.8. The van der Waals surface area contributed by atoms with Crippen LogP contribution in [0, 0.1) is 0 Å². The Kier molecular flexibility index (Phi) is 4.49. The molecule has 1 amide bonds. The Hall–Kier alpha value is -2.62. The zero-order valence-corrected chi connectivity index (χ0v) is 12.4. The number of benzene rings is 2. The highest BCUT2D eigenvalue weighted by atomic mass is 16.2. The molecular weight excluding hydrogens is 274 g/mol. The Labute approximate surface area is 130 Å². The second-order valence-electron chi connectivity index (χ2n) is 5.38. The van der Waals surface area contributed by atoms with Crippen LogP contribution in [-0.4, -0.2) is 18.2 Å². The second-order valence-corrected chi connectivity index (χ2v) is 5.38. The van der Waals surface area contributed by atoms with Crippen molar-refractivity contribution in [3.8, 4) is 0 Å². The molecule has 112 valence electrons. The van der Waals surface area contributed by atoms with Gasteiger partial charge in [-0.3, -0.25) is 4.79 Å². The average Bonchev–Trinajstić information content (AvgIpc) is 2.59. The summed E-state index contributed by atoms with van der Waals surface area (Å²) in [6, 6.07) is 18.1. The third kappa shape index (κ3) is 3.73. The van der Waals surface area contributed by atoms with Crippen LogP contribution >= 0.6 is 0 Å². The van der Waals surface area contributed by atoms with E-state index in [-0.39, 0.29) is 12.5 Å². The lowest BCUT2D eigenvalue weighted by Gasteiger charge is -2.17. The smallest absolute Gasteiger partial charge is 0.259 e. The van der Waals surface area contributed by atoms with Crippen LogP contribution in [0.5, 0.6) is 0 Å². The van der Waals surface area contributed by atoms with Crippen molar-refractivity contribution in [3.05, 3.63) is 65.7 Å². The van der Waals surface area contributed by atoms with Gasteiger partial charge in [0.2, 0.25) is 0 Å². The number of hydrogen-bond donors (Lipinski definition) is 2. The van der Waals surface area contributed by atoms with Crippen LogP contribution in [0.25, 0.3) is 0 Å². The molecule has 4 nitrogen and oxygen atoms in total. The van der Waals surface area contributed by atoms with Gasteiger partial charge < -0.3 is 5.32 Å². The lowest BCUT2D eigenvalue weighted by molar-refractivity contribution is -0.119. The van der Waals surface area contributed by atoms with E-state index in [4.69, 9.17) is 0 Å². The van der Waals surface area contributed by atoms with E-state index in [2.05, 4.69) is 34.0 Å². The van der Waals surface area contributed by atoms with Gasteiger partial charge in [-0.25, -0.2) is 5.43 Å². The van der Waals surface area contributed by atoms with Gasteiger partial charge in [0.25, 0.3) is 5.91 Å². The van der Waals surface area contributed by atoms with Crippen LogP contribution in [0.15, 0.2) is 59.7 Å². The van der Waals surface area contributed by atoms with E-state index in [1.54, 1.807) is 0 Å². The number of hydrazone groups is 1. The first kappa shape index (κ1) is 14.3. The number of nitrogens with zero attached hydrogens (tertiary/aromatic N) is 1. The number of rotatable bonds is 4. The summed E-state index contributed by atoms with van der Waals surface area (Å²) in [6.45, 7) is 0.220. The fourth-order valence-corrected chi connectivity index (χ4v) is 2.58. The van der Waals surface area contributed by atoms with Crippen LogP contribution in [-0.2, 0) is 17.6 Å². The summed E-state index contributed by atoms with van der Waals surface area (Å²) >= 11 is 0. The molecular formula is C18H19N3O. The maximum Gasteiger partial charge on any atom is 0.259 e. The second kappa shape index (κ2) is 6.89. The monoisotopic (exact) mass is 293 g/mol. The maximum absolute atomic E-state index is 11.8. The average molecular weight is 293 g/mol. The largest absolute Gasteiger partial charge is 0.376 e. The Bertz CT molecular complexity index is 680. The van der Waals surface area contributed by atoms with Crippen LogP contribution < -0.4 is 10.7 Å². The molecule has 0 bridgehead atoms.